The molecule has 4 rings (SSSR count). The highest BCUT2D eigenvalue weighted by Gasteiger charge is 2.29. The van der Waals surface area contributed by atoms with E-state index in [2.05, 4.69) is 55.3 Å². The summed E-state index contributed by atoms with van der Waals surface area (Å²) < 4.78 is 3.72. The van der Waals surface area contributed by atoms with Gasteiger partial charge in [0.2, 0.25) is 0 Å². The Balaban J connectivity index is 1.79. The molecule has 3 heterocycles. The number of aromatic nitrogens is 5. The number of hydrogen-bond acceptors (Lipinski definition) is 4. The average Bonchev–Trinajstić information content (AvgIpc) is 3.40. The monoisotopic (exact) mass is 444 g/mol. The summed E-state index contributed by atoms with van der Waals surface area (Å²) in [5.41, 5.74) is 4.90. The van der Waals surface area contributed by atoms with Crippen molar-refractivity contribution in [2.75, 3.05) is 0 Å². The summed E-state index contributed by atoms with van der Waals surface area (Å²) in [5, 5.41) is 13.1. The second-order valence-electron chi connectivity index (χ2n) is 9.64. The number of amides is 1. The molecule has 3 aromatic heterocycles. The molecule has 1 aromatic carbocycles. The normalized spacial score (nSPS) is 12.8. The molecule has 172 valence electrons. The van der Waals surface area contributed by atoms with E-state index in [0.717, 1.165) is 28.0 Å². The fourth-order valence-corrected chi connectivity index (χ4v) is 3.99. The van der Waals surface area contributed by atoms with E-state index in [1.54, 1.807) is 6.20 Å². The summed E-state index contributed by atoms with van der Waals surface area (Å²) in [6, 6.07) is 11.9. The molecule has 7 heteroatoms. The lowest BCUT2D eigenvalue weighted by Gasteiger charge is -2.31. The van der Waals surface area contributed by atoms with Crippen LogP contribution >= 0.6 is 0 Å². The van der Waals surface area contributed by atoms with Crippen LogP contribution in [0.5, 0.6) is 0 Å². The minimum absolute atomic E-state index is 0.113. The van der Waals surface area contributed by atoms with Gasteiger partial charge in [-0.15, -0.1) is 0 Å². The Labute approximate surface area is 194 Å². The van der Waals surface area contributed by atoms with Crippen molar-refractivity contribution in [2.24, 2.45) is 5.41 Å². The van der Waals surface area contributed by atoms with Crippen LogP contribution in [0.15, 0.2) is 48.8 Å². The number of benzene rings is 1. The second kappa shape index (κ2) is 8.81. The largest absolute Gasteiger partial charge is 0.347 e. The molecule has 1 amide bonds. The predicted octanol–water partition coefficient (Wildman–Crippen LogP) is 4.78. The fraction of sp³-hybridized carbons (Fsp3) is 0.385. The number of carbonyl (C=O) groups is 1. The highest BCUT2D eigenvalue weighted by molar-refractivity contribution is 6.07. The molecule has 0 bridgehead atoms. The third kappa shape index (κ3) is 4.67. The maximum absolute atomic E-state index is 13.7. The number of carbonyl (C=O) groups excluding carboxylic acids is 1. The summed E-state index contributed by atoms with van der Waals surface area (Å²) in [6.07, 6.45) is 3.67. The smallest absolute Gasteiger partial charge is 0.252 e. The summed E-state index contributed by atoms with van der Waals surface area (Å²) in [7, 11) is 0. The van der Waals surface area contributed by atoms with E-state index in [9.17, 15) is 4.79 Å². The van der Waals surface area contributed by atoms with Gasteiger partial charge in [-0.1, -0.05) is 50.6 Å². The Hall–Kier alpha value is -3.48. The van der Waals surface area contributed by atoms with E-state index in [-0.39, 0.29) is 17.4 Å². The summed E-state index contributed by atoms with van der Waals surface area (Å²) in [4.78, 5) is 18.6. The van der Waals surface area contributed by atoms with Crippen LogP contribution in [0.25, 0.3) is 22.3 Å². The number of hydrogen-bond donors (Lipinski definition) is 1. The molecule has 7 nitrogen and oxygen atoms in total. The first-order chi connectivity index (χ1) is 15.7. The molecule has 0 spiro atoms. The first-order valence-electron chi connectivity index (χ1n) is 11.4. The average molecular weight is 445 g/mol. The van der Waals surface area contributed by atoms with Crippen molar-refractivity contribution < 1.29 is 4.79 Å². The van der Waals surface area contributed by atoms with Gasteiger partial charge in [-0.25, -0.2) is 9.67 Å². The van der Waals surface area contributed by atoms with Crippen molar-refractivity contribution in [3.63, 3.8) is 0 Å². The van der Waals surface area contributed by atoms with Crippen LogP contribution in [0.2, 0.25) is 0 Å². The van der Waals surface area contributed by atoms with E-state index in [1.165, 1.54) is 5.56 Å². The molecule has 0 saturated heterocycles. The minimum Gasteiger partial charge on any atom is -0.347 e. The zero-order chi connectivity index (χ0) is 23.8. The molecule has 33 heavy (non-hydrogen) atoms. The van der Waals surface area contributed by atoms with Gasteiger partial charge < -0.3 is 5.32 Å². The Morgan fingerprint density at radius 2 is 1.88 bits per heavy atom. The molecule has 0 radical (unpaired) electrons. The molecular formula is C26H32N6O. The lowest BCUT2D eigenvalue weighted by Crippen LogP contribution is -2.46. The molecule has 0 fully saturated rings. The predicted molar refractivity (Wildman–Crippen MR) is 131 cm³/mol. The molecule has 4 aromatic rings. The molecule has 1 N–H and O–H groups in total. The van der Waals surface area contributed by atoms with Gasteiger partial charge in [0.25, 0.3) is 5.91 Å². The maximum atomic E-state index is 13.7. The lowest BCUT2D eigenvalue weighted by atomic mass is 9.86. The number of nitrogens with one attached hydrogen (secondary N) is 1. The van der Waals surface area contributed by atoms with Crippen molar-refractivity contribution in [1.29, 1.82) is 0 Å². The maximum Gasteiger partial charge on any atom is 0.252 e. The Morgan fingerprint density at radius 1 is 1.15 bits per heavy atom. The lowest BCUT2D eigenvalue weighted by molar-refractivity contribution is 0.0892. The number of aryl methyl sites for hydroxylation is 3. The molecule has 0 aliphatic carbocycles. The summed E-state index contributed by atoms with van der Waals surface area (Å²) >= 11 is 0. The molecule has 1 unspecified atom stereocenters. The van der Waals surface area contributed by atoms with Crippen molar-refractivity contribution in [1.82, 2.24) is 29.9 Å². The van der Waals surface area contributed by atoms with Gasteiger partial charge in [0, 0.05) is 24.5 Å². The van der Waals surface area contributed by atoms with Gasteiger partial charge in [0.15, 0.2) is 5.65 Å². The Bertz CT molecular complexity index is 1260. The first-order valence-corrected chi connectivity index (χ1v) is 11.4. The van der Waals surface area contributed by atoms with Gasteiger partial charge in [-0.05, 0) is 38.3 Å². The first kappa shape index (κ1) is 22.7. The zero-order valence-electron chi connectivity index (χ0n) is 20.3. The van der Waals surface area contributed by atoms with Gasteiger partial charge in [-0.2, -0.15) is 10.2 Å². The highest BCUT2D eigenvalue weighted by Crippen LogP contribution is 2.28. The highest BCUT2D eigenvalue weighted by atomic mass is 16.1. The zero-order valence-corrected chi connectivity index (χ0v) is 20.3. The van der Waals surface area contributed by atoms with Crippen LogP contribution in [0, 0.1) is 19.3 Å². The van der Waals surface area contributed by atoms with E-state index in [0.29, 0.717) is 18.7 Å². The van der Waals surface area contributed by atoms with Crippen molar-refractivity contribution in [2.45, 2.75) is 60.7 Å². The van der Waals surface area contributed by atoms with Crippen molar-refractivity contribution in [3.8, 4) is 11.3 Å². The van der Waals surface area contributed by atoms with Crippen LogP contribution in [-0.4, -0.2) is 36.5 Å². The van der Waals surface area contributed by atoms with E-state index < -0.39 is 0 Å². The van der Waals surface area contributed by atoms with Gasteiger partial charge in [-0.3, -0.25) is 9.48 Å². The van der Waals surface area contributed by atoms with Crippen LogP contribution in [0.1, 0.15) is 49.3 Å². The van der Waals surface area contributed by atoms with Crippen LogP contribution in [0.3, 0.4) is 0 Å². The number of pyridine rings is 1. The van der Waals surface area contributed by atoms with Crippen LogP contribution in [-0.2, 0) is 13.1 Å². The Kier molecular flexibility index (Phi) is 6.06. The van der Waals surface area contributed by atoms with E-state index >= 15 is 0 Å². The van der Waals surface area contributed by atoms with E-state index in [4.69, 9.17) is 4.98 Å². The summed E-state index contributed by atoms with van der Waals surface area (Å²) in [6.45, 7) is 13.7. The topological polar surface area (TPSA) is 77.6 Å². The van der Waals surface area contributed by atoms with Gasteiger partial charge in [0.05, 0.1) is 34.9 Å². The molecular weight excluding hydrogens is 412 g/mol. The van der Waals surface area contributed by atoms with Crippen molar-refractivity contribution in [3.05, 3.63) is 65.6 Å². The number of nitrogens with zero attached hydrogens (tertiary/aromatic N) is 5. The second-order valence-corrected chi connectivity index (χ2v) is 9.64. The SMILES string of the molecule is CCn1nc(C)c2c(C(=O)NC(Cn3cccn3)C(C)(C)C)cc(-c3ccc(C)cc3)nc21. The molecule has 0 aliphatic heterocycles. The van der Waals surface area contributed by atoms with Crippen LogP contribution in [0.4, 0.5) is 0 Å². The van der Waals surface area contributed by atoms with Crippen LogP contribution < -0.4 is 5.32 Å². The molecule has 0 aliphatic rings. The summed E-state index contributed by atoms with van der Waals surface area (Å²) in [5.74, 6) is -0.124. The fourth-order valence-electron chi connectivity index (χ4n) is 3.99. The van der Waals surface area contributed by atoms with Crippen molar-refractivity contribution >= 4 is 16.9 Å². The molecule has 1 atom stereocenters. The number of fused-ring (bicyclic) bond motifs is 1. The standard InChI is InChI=1S/C26H32N6O/c1-7-32-24-23(18(3)30-32)20(15-21(28-24)19-11-9-17(2)10-12-19)25(33)29-22(26(4,5)6)16-31-14-8-13-27-31/h8-15,22H,7,16H2,1-6H3,(H,29,33). The third-order valence-electron chi connectivity index (χ3n) is 6.05. The number of rotatable bonds is 6. The van der Waals surface area contributed by atoms with E-state index in [1.807, 2.05) is 53.7 Å². The minimum atomic E-state index is -0.157. The Morgan fingerprint density at radius 3 is 2.48 bits per heavy atom. The molecule has 0 saturated carbocycles. The third-order valence-corrected chi connectivity index (χ3v) is 6.05. The van der Waals surface area contributed by atoms with Gasteiger partial charge >= 0.3 is 0 Å². The quantitative estimate of drug-likeness (QED) is 0.464. The van der Waals surface area contributed by atoms with Gasteiger partial charge in [0.1, 0.15) is 0 Å².